The molecular formula is C12H18ClN5O. The number of aromatic nitrogens is 1. The van der Waals surface area contributed by atoms with Crippen LogP contribution in [-0.2, 0) is 0 Å². The van der Waals surface area contributed by atoms with Gasteiger partial charge in [0.05, 0.1) is 0 Å². The normalized spacial score (nSPS) is 17.2. The van der Waals surface area contributed by atoms with Gasteiger partial charge in [0.1, 0.15) is 11.0 Å². The lowest BCUT2D eigenvalue weighted by molar-refractivity contribution is 0.0917. The average Bonchev–Trinajstić information content (AvgIpc) is 2.40. The number of rotatable bonds is 3. The largest absolute Gasteiger partial charge is 0.349 e. The van der Waals surface area contributed by atoms with Gasteiger partial charge in [-0.3, -0.25) is 4.79 Å². The van der Waals surface area contributed by atoms with Gasteiger partial charge in [0.15, 0.2) is 0 Å². The van der Waals surface area contributed by atoms with Crippen molar-refractivity contribution >= 4 is 23.3 Å². The lowest BCUT2D eigenvalue weighted by Crippen LogP contribution is -2.43. The number of carbonyl (C=O) groups is 1. The summed E-state index contributed by atoms with van der Waals surface area (Å²) in [6.45, 7) is 2.00. The number of likely N-dealkylation sites (tertiary alicyclic amines) is 1. The molecule has 1 aromatic heterocycles. The molecule has 1 aliphatic rings. The van der Waals surface area contributed by atoms with Crippen LogP contribution in [0.25, 0.3) is 0 Å². The minimum Gasteiger partial charge on any atom is -0.349 e. The topological polar surface area (TPSA) is 83.3 Å². The van der Waals surface area contributed by atoms with Crippen LogP contribution < -0.4 is 16.6 Å². The predicted molar refractivity (Wildman–Crippen MR) is 75.0 cm³/mol. The maximum absolute atomic E-state index is 12.1. The van der Waals surface area contributed by atoms with E-state index in [1.54, 1.807) is 6.07 Å². The Labute approximate surface area is 117 Å². The number of piperidine rings is 1. The second kappa shape index (κ2) is 6.18. The first-order chi connectivity index (χ1) is 9.08. The van der Waals surface area contributed by atoms with Crippen molar-refractivity contribution in [3.63, 3.8) is 0 Å². The van der Waals surface area contributed by atoms with Crippen molar-refractivity contribution in [2.45, 2.75) is 18.9 Å². The molecule has 7 heteroatoms. The molecule has 19 heavy (non-hydrogen) atoms. The van der Waals surface area contributed by atoms with Crippen LogP contribution in [0, 0.1) is 0 Å². The van der Waals surface area contributed by atoms with Crippen molar-refractivity contribution in [3.05, 3.63) is 22.8 Å². The highest BCUT2D eigenvalue weighted by Gasteiger charge is 2.19. The molecule has 4 N–H and O–H groups in total. The van der Waals surface area contributed by atoms with E-state index in [-0.39, 0.29) is 17.1 Å². The molecule has 2 rings (SSSR count). The molecule has 0 atom stereocenters. The number of hydrogen-bond donors (Lipinski definition) is 3. The summed E-state index contributed by atoms with van der Waals surface area (Å²) >= 11 is 5.84. The first-order valence-electron chi connectivity index (χ1n) is 6.22. The summed E-state index contributed by atoms with van der Waals surface area (Å²) in [4.78, 5) is 18.3. The second-order valence-electron chi connectivity index (χ2n) is 4.76. The fourth-order valence-corrected chi connectivity index (χ4v) is 2.33. The number of pyridine rings is 1. The standard InChI is InChI=1S/C12H18ClN5O/c1-18-4-2-9(3-5-18)15-12(19)8-6-10(13)16-11(7-8)17-14/h6-7,9H,2-5,14H2,1H3,(H,15,19)(H,16,17). The van der Waals surface area contributed by atoms with Crippen LogP contribution in [0.3, 0.4) is 0 Å². The number of nitrogens with two attached hydrogens (primary N) is 1. The zero-order chi connectivity index (χ0) is 13.8. The number of carbonyl (C=O) groups excluding carboxylic acids is 1. The number of nitrogens with one attached hydrogen (secondary N) is 2. The van der Waals surface area contributed by atoms with Gasteiger partial charge < -0.3 is 15.6 Å². The Morgan fingerprint density at radius 2 is 2.16 bits per heavy atom. The van der Waals surface area contributed by atoms with E-state index in [2.05, 4.69) is 27.7 Å². The summed E-state index contributed by atoms with van der Waals surface area (Å²) in [5, 5.41) is 3.25. The van der Waals surface area contributed by atoms with Gasteiger partial charge >= 0.3 is 0 Å². The maximum Gasteiger partial charge on any atom is 0.251 e. The summed E-state index contributed by atoms with van der Waals surface area (Å²) in [6.07, 6.45) is 1.92. The Bertz CT molecular complexity index is 459. The predicted octanol–water partition coefficient (Wildman–Crippen LogP) is 0.845. The van der Waals surface area contributed by atoms with Crippen molar-refractivity contribution in [2.24, 2.45) is 5.84 Å². The Balaban J connectivity index is 2.01. The third-order valence-electron chi connectivity index (χ3n) is 3.26. The van der Waals surface area contributed by atoms with Crippen LogP contribution in [0.2, 0.25) is 5.15 Å². The minimum atomic E-state index is -0.143. The Morgan fingerprint density at radius 1 is 1.47 bits per heavy atom. The van der Waals surface area contributed by atoms with Crippen molar-refractivity contribution < 1.29 is 4.79 Å². The number of halogens is 1. The molecule has 104 valence electrons. The third-order valence-corrected chi connectivity index (χ3v) is 3.45. The number of nitrogen functional groups attached to an aromatic ring is 1. The molecule has 1 amide bonds. The highest BCUT2D eigenvalue weighted by molar-refractivity contribution is 6.29. The Hall–Kier alpha value is -1.37. The van der Waals surface area contributed by atoms with Crippen molar-refractivity contribution in [2.75, 3.05) is 25.6 Å². The first kappa shape index (κ1) is 14.0. The molecule has 6 nitrogen and oxygen atoms in total. The first-order valence-corrected chi connectivity index (χ1v) is 6.60. The van der Waals surface area contributed by atoms with Crippen LogP contribution in [-0.4, -0.2) is 42.0 Å². The van der Waals surface area contributed by atoms with Gasteiger partial charge in [-0.25, -0.2) is 10.8 Å². The number of amides is 1. The molecule has 0 bridgehead atoms. The molecule has 0 aliphatic carbocycles. The number of anilines is 1. The van der Waals surface area contributed by atoms with E-state index in [9.17, 15) is 4.79 Å². The van der Waals surface area contributed by atoms with Crippen LogP contribution in [0.4, 0.5) is 5.82 Å². The molecular weight excluding hydrogens is 266 g/mol. The van der Waals surface area contributed by atoms with Gasteiger partial charge in [-0.15, -0.1) is 0 Å². The van der Waals surface area contributed by atoms with Gasteiger partial charge in [-0.2, -0.15) is 0 Å². The monoisotopic (exact) mass is 283 g/mol. The van der Waals surface area contributed by atoms with E-state index in [1.807, 2.05) is 0 Å². The summed E-state index contributed by atoms with van der Waals surface area (Å²) < 4.78 is 0. The zero-order valence-electron chi connectivity index (χ0n) is 10.8. The second-order valence-corrected chi connectivity index (χ2v) is 5.15. The third kappa shape index (κ3) is 3.79. The minimum absolute atomic E-state index is 0.143. The van der Waals surface area contributed by atoms with E-state index >= 15 is 0 Å². The van der Waals surface area contributed by atoms with E-state index < -0.39 is 0 Å². The highest BCUT2D eigenvalue weighted by Crippen LogP contribution is 2.15. The fraction of sp³-hybridized carbons (Fsp3) is 0.500. The highest BCUT2D eigenvalue weighted by atomic mass is 35.5. The van der Waals surface area contributed by atoms with E-state index in [1.165, 1.54) is 6.07 Å². The van der Waals surface area contributed by atoms with Crippen LogP contribution in [0.5, 0.6) is 0 Å². The molecule has 0 saturated carbocycles. The van der Waals surface area contributed by atoms with E-state index in [0.717, 1.165) is 25.9 Å². The lowest BCUT2D eigenvalue weighted by Gasteiger charge is -2.29. The molecule has 1 saturated heterocycles. The van der Waals surface area contributed by atoms with Crippen LogP contribution in [0.15, 0.2) is 12.1 Å². The molecule has 1 fully saturated rings. The molecule has 0 radical (unpaired) electrons. The average molecular weight is 284 g/mol. The van der Waals surface area contributed by atoms with E-state index in [0.29, 0.717) is 11.4 Å². The van der Waals surface area contributed by atoms with Crippen molar-refractivity contribution in [3.8, 4) is 0 Å². The van der Waals surface area contributed by atoms with Crippen LogP contribution >= 0.6 is 11.6 Å². The van der Waals surface area contributed by atoms with Gasteiger partial charge in [0.25, 0.3) is 5.91 Å². The summed E-state index contributed by atoms with van der Waals surface area (Å²) in [5.41, 5.74) is 2.85. The Morgan fingerprint density at radius 3 is 2.79 bits per heavy atom. The van der Waals surface area contributed by atoms with Gasteiger partial charge in [-0.1, -0.05) is 11.6 Å². The van der Waals surface area contributed by atoms with Gasteiger partial charge in [-0.05, 0) is 45.1 Å². The molecule has 2 heterocycles. The van der Waals surface area contributed by atoms with Gasteiger partial charge in [0.2, 0.25) is 0 Å². The lowest BCUT2D eigenvalue weighted by atomic mass is 10.1. The van der Waals surface area contributed by atoms with Gasteiger partial charge in [0, 0.05) is 11.6 Å². The number of nitrogens with zero attached hydrogens (tertiary/aromatic N) is 2. The molecule has 0 unspecified atom stereocenters. The van der Waals surface area contributed by atoms with E-state index in [4.69, 9.17) is 17.4 Å². The molecule has 1 aliphatic heterocycles. The molecule has 1 aromatic rings. The molecule has 0 spiro atoms. The molecule has 0 aromatic carbocycles. The number of hydrogen-bond acceptors (Lipinski definition) is 5. The number of hydrazine groups is 1. The quantitative estimate of drug-likeness (QED) is 0.435. The van der Waals surface area contributed by atoms with Crippen molar-refractivity contribution in [1.82, 2.24) is 15.2 Å². The van der Waals surface area contributed by atoms with Crippen molar-refractivity contribution in [1.29, 1.82) is 0 Å². The SMILES string of the molecule is CN1CCC(NC(=O)c2cc(Cl)nc(NN)c2)CC1. The smallest absolute Gasteiger partial charge is 0.251 e. The summed E-state index contributed by atoms with van der Waals surface area (Å²) in [7, 11) is 2.08. The van der Waals surface area contributed by atoms with Crippen LogP contribution in [0.1, 0.15) is 23.2 Å². The summed E-state index contributed by atoms with van der Waals surface area (Å²) in [6, 6.07) is 3.33. The Kier molecular flexibility index (Phi) is 4.57. The summed E-state index contributed by atoms with van der Waals surface area (Å²) in [5.74, 6) is 5.51. The zero-order valence-corrected chi connectivity index (χ0v) is 11.6. The fourth-order valence-electron chi connectivity index (χ4n) is 2.12. The maximum atomic E-state index is 12.1.